The molecule has 176 valence electrons. The van der Waals surface area contributed by atoms with Gasteiger partial charge in [0.2, 0.25) is 0 Å². The van der Waals surface area contributed by atoms with Crippen LogP contribution in [0.3, 0.4) is 0 Å². The molecule has 3 aromatic rings. The van der Waals surface area contributed by atoms with Gasteiger partial charge in [-0.1, -0.05) is 12.1 Å². The van der Waals surface area contributed by atoms with Crippen molar-refractivity contribution in [3.8, 4) is 40.2 Å². The summed E-state index contributed by atoms with van der Waals surface area (Å²) in [6, 6.07) is 15.3. The van der Waals surface area contributed by atoms with E-state index in [-0.39, 0.29) is 5.92 Å². The Morgan fingerprint density at radius 2 is 0.879 bits per heavy atom. The number of benzene rings is 3. The number of methoxy groups -OCH3 is 7. The van der Waals surface area contributed by atoms with Crippen LogP contribution < -0.4 is 33.2 Å². The highest BCUT2D eigenvalue weighted by Gasteiger charge is 2.28. The third-order valence-corrected chi connectivity index (χ3v) is 5.52. The lowest BCUT2D eigenvalue weighted by molar-refractivity contribution is 0.345. The third kappa shape index (κ3) is 4.72. The maximum absolute atomic E-state index is 5.78. The summed E-state index contributed by atoms with van der Waals surface area (Å²) < 4.78 is 39.2. The zero-order valence-electron chi connectivity index (χ0n) is 20.1. The second-order valence-corrected chi connectivity index (χ2v) is 7.11. The molecule has 0 spiro atoms. The van der Waals surface area contributed by atoms with Crippen molar-refractivity contribution in [1.29, 1.82) is 0 Å². The second kappa shape index (κ2) is 10.7. The van der Waals surface area contributed by atoms with Crippen molar-refractivity contribution in [2.45, 2.75) is 5.92 Å². The Hall–Kier alpha value is -3.74. The predicted molar refractivity (Wildman–Crippen MR) is 126 cm³/mol. The normalized spacial score (nSPS) is 10.5. The van der Waals surface area contributed by atoms with Crippen LogP contribution in [0.25, 0.3) is 0 Å². The van der Waals surface area contributed by atoms with Crippen LogP contribution in [0.5, 0.6) is 40.2 Å². The lowest BCUT2D eigenvalue weighted by Crippen LogP contribution is -2.09. The Morgan fingerprint density at radius 1 is 0.455 bits per heavy atom. The van der Waals surface area contributed by atoms with Crippen LogP contribution in [-0.4, -0.2) is 49.8 Å². The van der Waals surface area contributed by atoms with E-state index in [0.717, 1.165) is 22.4 Å². The van der Waals surface area contributed by atoms with Gasteiger partial charge >= 0.3 is 0 Å². The standard InChI is InChI=1S/C26H30O7/c1-27-17-10-8-9-16(11-17)26(18-12-22(30-4)24(32-6)14-20(18)28-2)19-13-23(31-5)25(33-7)15-21(19)29-3/h8-15,26H,1-7H3. The molecule has 0 aliphatic rings. The van der Waals surface area contributed by atoms with Crippen LogP contribution in [0.2, 0.25) is 0 Å². The van der Waals surface area contributed by atoms with Crippen molar-refractivity contribution >= 4 is 0 Å². The predicted octanol–water partition coefficient (Wildman–Crippen LogP) is 4.93. The summed E-state index contributed by atoms with van der Waals surface area (Å²) in [5.41, 5.74) is 2.67. The molecule has 0 bridgehead atoms. The molecule has 0 amide bonds. The fourth-order valence-electron chi connectivity index (χ4n) is 3.90. The molecule has 0 saturated carbocycles. The van der Waals surface area contributed by atoms with Crippen LogP contribution in [0.1, 0.15) is 22.6 Å². The quantitative estimate of drug-likeness (QED) is 0.403. The average Bonchev–Trinajstić information content (AvgIpc) is 2.88. The van der Waals surface area contributed by atoms with Gasteiger partial charge < -0.3 is 33.2 Å². The maximum Gasteiger partial charge on any atom is 0.164 e. The first kappa shape index (κ1) is 23.9. The topological polar surface area (TPSA) is 64.6 Å². The highest BCUT2D eigenvalue weighted by Crippen LogP contribution is 2.48. The number of rotatable bonds is 10. The fraction of sp³-hybridized carbons (Fsp3) is 0.308. The average molecular weight is 455 g/mol. The van der Waals surface area contributed by atoms with Crippen LogP contribution in [0.15, 0.2) is 48.5 Å². The van der Waals surface area contributed by atoms with Gasteiger partial charge in [0.1, 0.15) is 17.2 Å². The largest absolute Gasteiger partial charge is 0.497 e. The second-order valence-electron chi connectivity index (χ2n) is 7.11. The van der Waals surface area contributed by atoms with E-state index in [1.54, 1.807) is 49.8 Å². The molecule has 3 rings (SSSR count). The van der Waals surface area contributed by atoms with E-state index < -0.39 is 0 Å². The lowest BCUT2D eigenvalue weighted by atomic mass is 9.83. The van der Waals surface area contributed by atoms with Gasteiger partial charge in [0.25, 0.3) is 0 Å². The van der Waals surface area contributed by atoms with E-state index in [1.165, 1.54) is 0 Å². The summed E-state index contributed by atoms with van der Waals surface area (Å²) in [6.07, 6.45) is 0. The van der Waals surface area contributed by atoms with Crippen molar-refractivity contribution in [1.82, 2.24) is 0 Å². The maximum atomic E-state index is 5.78. The summed E-state index contributed by atoms with van der Waals surface area (Å²) >= 11 is 0. The molecule has 33 heavy (non-hydrogen) atoms. The smallest absolute Gasteiger partial charge is 0.164 e. The molecule has 7 heteroatoms. The third-order valence-electron chi connectivity index (χ3n) is 5.52. The van der Waals surface area contributed by atoms with Gasteiger partial charge in [-0.05, 0) is 29.8 Å². The van der Waals surface area contributed by atoms with Crippen LogP contribution in [-0.2, 0) is 0 Å². The van der Waals surface area contributed by atoms with Crippen LogP contribution in [0.4, 0.5) is 0 Å². The van der Waals surface area contributed by atoms with E-state index in [0.29, 0.717) is 34.5 Å². The van der Waals surface area contributed by atoms with E-state index in [9.17, 15) is 0 Å². The summed E-state index contributed by atoms with van der Waals surface area (Å²) in [5, 5.41) is 0. The fourth-order valence-corrected chi connectivity index (χ4v) is 3.90. The summed E-state index contributed by atoms with van der Waals surface area (Å²) in [4.78, 5) is 0. The first-order valence-electron chi connectivity index (χ1n) is 10.3. The zero-order chi connectivity index (χ0) is 24.0. The van der Waals surface area contributed by atoms with E-state index in [1.807, 2.05) is 48.5 Å². The lowest BCUT2D eigenvalue weighted by Gasteiger charge is -2.25. The van der Waals surface area contributed by atoms with Crippen molar-refractivity contribution in [2.75, 3.05) is 49.8 Å². The summed E-state index contributed by atoms with van der Waals surface area (Å²) in [7, 11) is 11.3. The SMILES string of the molecule is COc1cccc(C(c2cc(OC)c(OC)cc2OC)c2cc(OC)c(OC)cc2OC)c1. The minimum atomic E-state index is -0.315. The molecule has 0 aliphatic carbocycles. The van der Waals surface area contributed by atoms with Crippen molar-refractivity contribution in [2.24, 2.45) is 0 Å². The van der Waals surface area contributed by atoms with Crippen molar-refractivity contribution in [3.63, 3.8) is 0 Å². The molecule has 0 radical (unpaired) electrons. The molecule has 0 heterocycles. The Kier molecular flexibility index (Phi) is 7.77. The number of ether oxygens (including phenoxy) is 7. The Labute approximate surface area is 194 Å². The Bertz CT molecular complexity index is 1030. The van der Waals surface area contributed by atoms with Crippen molar-refractivity contribution < 1.29 is 33.2 Å². The minimum absolute atomic E-state index is 0.315. The van der Waals surface area contributed by atoms with Crippen LogP contribution >= 0.6 is 0 Å². The van der Waals surface area contributed by atoms with Gasteiger partial charge in [-0.3, -0.25) is 0 Å². The minimum Gasteiger partial charge on any atom is -0.497 e. The van der Waals surface area contributed by atoms with E-state index in [4.69, 9.17) is 33.2 Å². The van der Waals surface area contributed by atoms with Gasteiger partial charge in [0.05, 0.1) is 49.8 Å². The molecule has 0 N–H and O–H groups in total. The van der Waals surface area contributed by atoms with Crippen molar-refractivity contribution in [3.05, 3.63) is 65.2 Å². The van der Waals surface area contributed by atoms with E-state index in [2.05, 4.69) is 0 Å². The molecule has 0 unspecified atom stereocenters. The molecule has 0 aliphatic heterocycles. The molecule has 0 atom stereocenters. The van der Waals surface area contributed by atoms with Gasteiger partial charge in [-0.2, -0.15) is 0 Å². The Morgan fingerprint density at radius 3 is 1.27 bits per heavy atom. The van der Waals surface area contributed by atoms with E-state index >= 15 is 0 Å². The molecule has 0 fully saturated rings. The highest BCUT2D eigenvalue weighted by atomic mass is 16.5. The molecule has 0 aromatic heterocycles. The number of hydrogen-bond acceptors (Lipinski definition) is 7. The first-order chi connectivity index (χ1) is 16.0. The highest BCUT2D eigenvalue weighted by molar-refractivity contribution is 5.62. The zero-order valence-corrected chi connectivity index (χ0v) is 20.1. The molecular formula is C26H30O7. The summed E-state index contributed by atoms with van der Waals surface area (Å²) in [5.74, 6) is 4.00. The summed E-state index contributed by atoms with van der Waals surface area (Å²) in [6.45, 7) is 0. The van der Waals surface area contributed by atoms with Crippen LogP contribution in [0, 0.1) is 0 Å². The number of hydrogen-bond donors (Lipinski definition) is 0. The molecule has 0 saturated heterocycles. The Balaban J connectivity index is 2.39. The first-order valence-corrected chi connectivity index (χ1v) is 10.3. The molecular weight excluding hydrogens is 424 g/mol. The van der Waals surface area contributed by atoms with Gasteiger partial charge in [-0.25, -0.2) is 0 Å². The van der Waals surface area contributed by atoms with Gasteiger partial charge in [0, 0.05) is 29.2 Å². The van der Waals surface area contributed by atoms with Gasteiger partial charge in [0.15, 0.2) is 23.0 Å². The van der Waals surface area contributed by atoms with Gasteiger partial charge in [-0.15, -0.1) is 0 Å². The molecule has 7 nitrogen and oxygen atoms in total. The monoisotopic (exact) mass is 454 g/mol. The molecule has 3 aromatic carbocycles.